The lowest BCUT2D eigenvalue weighted by Crippen LogP contribution is -2.16. The summed E-state index contributed by atoms with van der Waals surface area (Å²) in [7, 11) is 0. The van der Waals surface area contributed by atoms with E-state index >= 15 is 0 Å². The van der Waals surface area contributed by atoms with Crippen LogP contribution >= 0.6 is 0 Å². The largest absolute Gasteiger partial charge is 0.300 e. The lowest BCUT2D eigenvalue weighted by molar-refractivity contribution is 0.526. The molecule has 0 atom stereocenters. The molecule has 0 amide bonds. The third kappa shape index (κ3) is 6.71. The molecule has 0 aromatic carbocycles. The average Bonchev–Trinajstić information content (AvgIpc) is 2.44. The van der Waals surface area contributed by atoms with E-state index in [0.29, 0.717) is 5.71 Å². The summed E-state index contributed by atoms with van der Waals surface area (Å²) in [5.74, 6) is 0. The van der Waals surface area contributed by atoms with Gasteiger partial charge in [0.25, 0.3) is 0 Å². The number of hydrogen-bond acceptors (Lipinski definition) is 1. The van der Waals surface area contributed by atoms with E-state index in [1.807, 2.05) is 27.7 Å². The van der Waals surface area contributed by atoms with Crippen LogP contribution in [0, 0.1) is 10.8 Å². The fourth-order valence-corrected chi connectivity index (χ4v) is 1.83. The summed E-state index contributed by atoms with van der Waals surface area (Å²) in [4.78, 5) is 0. The lowest BCUT2D eigenvalue weighted by atomic mass is 9.83. The first-order valence-corrected chi connectivity index (χ1v) is 7.64. The zero-order valence-corrected chi connectivity index (χ0v) is 15.0. The minimum atomic E-state index is -0.0178. The molecule has 0 spiro atoms. The van der Waals surface area contributed by atoms with Crippen molar-refractivity contribution in [3.8, 4) is 0 Å². The molecule has 1 N–H and O–H groups in total. The van der Waals surface area contributed by atoms with Crippen LogP contribution in [0.5, 0.6) is 0 Å². The number of nitrogens with one attached hydrogen (secondary N) is 1. The first-order chi connectivity index (χ1) is 10.0. The SMILES string of the molecule is C=C(C)C(=N)C(=C)C(C)(C)C.C=CC(=C)C1=CCCC(C)=C1. The highest BCUT2D eigenvalue weighted by atomic mass is 14.4. The Kier molecular flexibility index (Phi) is 7.80. The Hall–Kier alpha value is -1.89. The van der Waals surface area contributed by atoms with E-state index in [9.17, 15) is 0 Å². The van der Waals surface area contributed by atoms with Crippen LogP contribution in [0.3, 0.4) is 0 Å². The lowest BCUT2D eigenvalue weighted by Gasteiger charge is -2.22. The van der Waals surface area contributed by atoms with Gasteiger partial charge in [0.2, 0.25) is 0 Å². The molecule has 1 rings (SSSR count). The van der Waals surface area contributed by atoms with Crippen molar-refractivity contribution in [3.05, 3.63) is 72.4 Å². The predicted molar refractivity (Wildman–Crippen MR) is 102 cm³/mol. The van der Waals surface area contributed by atoms with Crippen molar-refractivity contribution >= 4 is 5.71 Å². The quantitative estimate of drug-likeness (QED) is 0.447. The van der Waals surface area contributed by atoms with Crippen molar-refractivity contribution < 1.29 is 0 Å². The molecule has 1 aliphatic carbocycles. The Morgan fingerprint density at radius 3 is 2.09 bits per heavy atom. The monoisotopic (exact) mass is 297 g/mol. The Balaban J connectivity index is 0.000000401. The van der Waals surface area contributed by atoms with Gasteiger partial charge in [-0.3, -0.25) is 0 Å². The molecule has 0 aliphatic heterocycles. The molecule has 0 aromatic rings. The zero-order chi connectivity index (χ0) is 17.5. The standard InChI is InChI=1S/C11H14.C10H17N/c1-4-10(3)11-7-5-6-9(2)8-11;1-7(2)9(11)8(3)10(4,5)6/h4,7-8H,1,3,5-6H2,2H3;11H,1,3H2,2,4-6H3. The van der Waals surface area contributed by atoms with Gasteiger partial charge in [-0.25, -0.2) is 0 Å². The van der Waals surface area contributed by atoms with E-state index in [1.54, 1.807) is 6.08 Å². The Bertz CT molecular complexity index is 545. The minimum Gasteiger partial charge on any atom is -0.300 e. The van der Waals surface area contributed by atoms with E-state index in [1.165, 1.54) is 17.6 Å². The molecule has 0 heterocycles. The molecule has 0 aromatic heterocycles. The highest BCUT2D eigenvalue weighted by Crippen LogP contribution is 2.25. The molecule has 22 heavy (non-hydrogen) atoms. The summed E-state index contributed by atoms with van der Waals surface area (Å²) in [6.45, 7) is 25.3. The van der Waals surface area contributed by atoms with Crippen LogP contribution < -0.4 is 0 Å². The Morgan fingerprint density at radius 1 is 1.23 bits per heavy atom. The highest BCUT2D eigenvalue weighted by molar-refractivity contribution is 6.09. The van der Waals surface area contributed by atoms with Crippen molar-refractivity contribution in [3.63, 3.8) is 0 Å². The predicted octanol–water partition coefficient (Wildman–Crippen LogP) is 6.58. The zero-order valence-electron chi connectivity index (χ0n) is 15.0. The summed E-state index contributed by atoms with van der Waals surface area (Å²) in [5, 5.41) is 7.61. The van der Waals surface area contributed by atoms with Crippen molar-refractivity contribution in [1.82, 2.24) is 0 Å². The van der Waals surface area contributed by atoms with E-state index in [-0.39, 0.29) is 5.41 Å². The minimum absolute atomic E-state index is 0.0178. The molecule has 0 bridgehead atoms. The van der Waals surface area contributed by atoms with Crippen LogP contribution in [-0.2, 0) is 0 Å². The number of rotatable bonds is 4. The topological polar surface area (TPSA) is 23.9 Å². The van der Waals surface area contributed by atoms with E-state index in [2.05, 4.69) is 45.4 Å². The summed E-state index contributed by atoms with van der Waals surface area (Å²) in [6.07, 6.45) is 8.55. The molecule has 0 unspecified atom stereocenters. The summed E-state index contributed by atoms with van der Waals surface area (Å²) < 4.78 is 0. The molecule has 1 aliphatic rings. The Morgan fingerprint density at radius 2 is 1.77 bits per heavy atom. The van der Waals surface area contributed by atoms with Gasteiger partial charge in [-0.1, -0.05) is 70.9 Å². The molecule has 0 saturated heterocycles. The average molecular weight is 297 g/mol. The second-order valence-corrected chi connectivity index (χ2v) is 6.80. The second kappa shape index (κ2) is 8.53. The molecule has 1 heteroatoms. The third-order valence-corrected chi connectivity index (χ3v) is 3.56. The first-order valence-electron chi connectivity index (χ1n) is 7.64. The maximum absolute atomic E-state index is 7.61. The van der Waals surface area contributed by atoms with Gasteiger partial charge in [0.1, 0.15) is 0 Å². The van der Waals surface area contributed by atoms with Crippen molar-refractivity contribution in [2.24, 2.45) is 5.41 Å². The molecular weight excluding hydrogens is 266 g/mol. The van der Waals surface area contributed by atoms with Gasteiger partial charge in [0.15, 0.2) is 0 Å². The molecule has 0 saturated carbocycles. The van der Waals surface area contributed by atoms with E-state index in [4.69, 9.17) is 5.41 Å². The fourth-order valence-electron chi connectivity index (χ4n) is 1.83. The number of hydrogen-bond donors (Lipinski definition) is 1. The smallest absolute Gasteiger partial charge is 0.0594 e. The van der Waals surface area contributed by atoms with Gasteiger partial charge < -0.3 is 5.41 Å². The first kappa shape index (κ1) is 20.1. The van der Waals surface area contributed by atoms with Gasteiger partial charge in [-0.2, -0.15) is 0 Å². The second-order valence-electron chi connectivity index (χ2n) is 6.80. The molecular formula is C21H31N. The molecule has 0 radical (unpaired) electrons. The van der Waals surface area contributed by atoms with Crippen molar-refractivity contribution in [1.29, 1.82) is 5.41 Å². The van der Waals surface area contributed by atoms with E-state index < -0.39 is 0 Å². The van der Waals surface area contributed by atoms with Crippen molar-refractivity contribution in [2.75, 3.05) is 0 Å². The molecule has 0 fully saturated rings. The van der Waals surface area contributed by atoms with Gasteiger partial charge in [0, 0.05) is 0 Å². The summed E-state index contributed by atoms with van der Waals surface area (Å²) in [5.41, 5.74) is 5.81. The van der Waals surface area contributed by atoms with E-state index in [0.717, 1.165) is 23.1 Å². The maximum atomic E-state index is 7.61. The Labute approximate surface area is 137 Å². The van der Waals surface area contributed by atoms with Crippen molar-refractivity contribution in [2.45, 2.75) is 47.5 Å². The summed E-state index contributed by atoms with van der Waals surface area (Å²) >= 11 is 0. The fraction of sp³-hybridized carbons (Fsp3) is 0.381. The van der Waals surface area contributed by atoms with Crippen LogP contribution in [0.4, 0.5) is 0 Å². The van der Waals surface area contributed by atoms with Crippen LogP contribution in [-0.4, -0.2) is 5.71 Å². The van der Waals surface area contributed by atoms with Crippen LogP contribution in [0.1, 0.15) is 47.5 Å². The molecule has 1 nitrogen and oxygen atoms in total. The van der Waals surface area contributed by atoms with Crippen LogP contribution in [0.2, 0.25) is 0 Å². The van der Waals surface area contributed by atoms with Crippen LogP contribution in [0.25, 0.3) is 0 Å². The van der Waals surface area contributed by atoms with Crippen LogP contribution in [0.15, 0.2) is 72.4 Å². The number of allylic oxidation sites excluding steroid dienone is 8. The maximum Gasteiger partial charge on any atom is 0.0594 e. The summed E-state index contributed by atoms with van der Waals surface area (Å²) in [6, 6.07) is 0. The normalized spacial score (nSPS) is 13.9. The molecule has 120 valence electrons. The van der Waals surface area contributed by atoms with Gasteiger partial charge >= 0.3 is 0 Å². The van der Waals surface area contributed by atoms with Gasteiger partial charge in [-0.15, -0.1) is 0 Å². The van der Waals surface area contributed by atoms with Gasteiger partial charge in [0.05, 0.1) is 5.71 Å². The van der Waals surface area contributed by atoms with Gasteiger partial charge in [-0.05, 0) is 54.4 Å². The third-order valence-electron chi connectivity index (χ3n) is 3.56. The highest BCUT2D eigenvalue weighted by Gasteiger charge is 2.18.